The molecule has 1 saturated heterocycles. The summed E-state index contributed by atoms with van der Waals surface area (Å²) in [6.07, 6.45) is 0. The molecule has 0 radical (unpaired) electrons. The number of nitrogens with zero attached hydrogens (tertiary/aromatic N) is 2. The average molecular weight is 374 g/mol. The van der Waals surface area contributed by atoms with Crippen LogP contribution < -0.4 is 0 Å². The molecule has 3 rings (SSSR count). The van der Waals surface area contributed by atoms with Gasteiger partial charge in [-0.1, -0.05) is 24.3 Å². The molecule has 4 nitrogen and oxygen atoms in total. The number of halogens is 2. The van der Waals surface area contributed by atoms with Gasteiger partial charge in [-0.05, 0) is 42.3 Å². The summed E-state index contributed by atoms with van der Waals surface area (Å²) >= 11 is 0. The summed E-state index contributed by atoms with van der Waals surface area (Å²) < 4.78 is 31.8. The molecule has 0 amide bonds. The Kier molecular flexibility index (Phi) is 6.53. The highest BCUT2D eigenvalue weighted by Crippen LogP contribution is 2.30. The van der Waals surface area contributed by atoms with Crippen LogP contribution in [0.25, 0.3) is 0 Å². The van der Waals surface area contributed by atoms with Gasteiger partial charge in [0.05, 0.1) is 19.2 Å². The first-order chi connectivity index (χ1) is 13.1. The Bertz CT molecular complexity index is 696. The van der Waals surface area contributed by atoms with E-state index in [-0.39, 0.29) is 23.6 Å². The summed E-state index contributed by atoms with van der Waals surface area (Å²) in [6.45, 7) is 5.44. The third kappa shape index (κ3) is 5.11. The van der Waals surface area contributed by atoms with Gasteiger partial charge in [0.25, 0.3) is 0 Å². The molecule has 1 aliphatic rings. The number of piperazine rings is 1. The molecule has 27 heavy (non-hydrogen) atoms. The maximum atomic E-state index is 13.4. The zero-order valence-electron chi connectivity index (χ0n) is 15.4. The van der Waals surface area contributed by atoms with E-state index in [9.17, 15) is 13.6 Å². The highest BCUT2D eigenvalue weighted by atomic mass is 19.1. The van der Waals surface area contributed by atoms with Crippen molar-refractivity contribution in [1.82, 2.24) is 9.80 Å². The van der Waals surface area contributed by atoms with E-state index in [2.05, 4.69) is 9.80 Å². The van der Waals surface area contributed by atoms with E-state index in [0.29, 0.717) is 13.2 Å². The van der Waals surface area contributed by atoms with Gasteiger partial charge in [-0.3, -0.25) is 14.6 Å². The number of carbonyl (C=O) groups is 1. The largest absolute Gasteiger partial charge is 0.465 e. The van der Waals surface area contributed by atoms with Crippen LogP contribution in [0.3, 0.4) is 0 Å². The second-order valence-corrected chi connectivity index (χ2v) is 6.62. The van der Waals surface area contributed by atoms with Crippen LogP contribution >= 0.6 is 0 Å². The SMILES string of the molecule is CCOC(=O)CN1CCN(C(c2ccc(F)cc2)c2ccc(F)cc2)CC1. The van der Waals surface area contributed by atoms with Crippen LogP contribution in [0.2, 0.25) is 0 Å². The lowest BCUT2D eigenvalue weighted by molar-refractivity contribution is -0.144. The first kappa shape index (κ1) is 19.5. The molecule has 0 saturated carbocycles. The number of ether oxygens (including phenoxy) is 1. The minimum atomic E-state index is -0.282. The average Bonchev–Trinajstić information content (AvgIpc) is 2.66. The van der Waals surface area contributed by atoms with Crippen molar-refractivity contribution in [1.29, 1.82) is 0 Å². The molecule has 0 atom stereocenters. The van der Waals surface area contributed by atoms with E-state index in [1.165, 1.54) is 24.3 Å². The van der Waals surface area contributed by atoms with Crippen LogP contribution in [0, 0.1) is 11.6 Å². The van der Waals surface area contributed by atoms with Crippen LogP contribution in [0.1, 0.15) is 24.1 Å². The minimum absolute atomic E-state index is 0.0871. The molecule has 2 aromatic carbocycles. The van der Waals surface area contributed by atoms with Crippen molar-refractivity contribution in [3.05, 3.63) is 71.3 Å². The highest BCUT2D eigenvalue weighted by molar-refractivity contribution is 5.71. The van der Waals surface area contributed by atoms with Crippen LogP contribution in [-0.2, 0) is 9.53 Å². The van der Waals surface area contributed by atoms with E-state index in [0.717, 1.165) is 37.3 Å². The summed E-state index contributed by atoms with van der Waals surface area (Å²) in [5.41, 5.74) is 1.92. The molecule has 6 heteroatoms. The molecule has 144 valence electrons. The lowest BCUT2D eigenvalue weighted by Crippen LogP contribution is -2.49. The van der Waals surface area contributed by atoms with Crippen molar-refractivity contribution >= 4 is 5.97 Å². The zero-order chi connectivity index (χ0) is 19.2. The Morgan fingerprint density at radius 3 is 1.85 bits per heavy atom. The topological polar surface area (TPSA) is 32.8 Å². The van der Waals surface area contributed by atoms with Gasteiger partial charge in [-0.25, -0.2) is 8.78 Å². The number of benzene rings is 2. The fraction of sp³-hybridized carbons (Fsp3) is 0.381. The van der Waals surface area contributed by atoms with Gasteiger partial charge in [0.15, 0.2) is 0 Å². The van der Waals surface area contributed by atoms with Gasteiger partial charge in [-0.15, -0.1) is 0 Å². The molecule has 2 aromatic rings. The number of hydrogen-bond acceptors (Lipinski definition) is 4. The lowest BCUT2D eigenvalue weighted by Gasteiger charge is -2.39. The van der Waals surface area contributed by atoms with Gasteiger partial charge in [0.2, 0.25) is 0 Å². The van der Waals surface area contributed by atoms with Crippen molar-refractivity contribution in [2.24, 2.45) is 0 Å². The van der Waals surface area contributed by atoms with E-state index in [1.54, 1.807) is 31.2 Å². The fourth-order valence-electron chi connectivity index (χ4n) is 3.47. The number of rotatable bonds is 6. The predicted molar refractivity (Wildman–Crippen MR) is 99.3 cm³/mol. The normalized spacial score (nSPS) is 15.9. The number of carbonyl (C=O) groups excluding carboxylic acids is 1. The Balaban J connectivity index is 1.75. The quantitative estimate of drug-likeness (QED) is 0.727. The van der Waals surface area contributed by atoms with Crippen molar-refractivity contribution in [2.45, 2.75) is 13.0 Å². The number of hydrogen-bond donors (Lipinski definition) is 0. The van der Waals surface area contributed by atoms with Crippen molar-refractivity contribution in [2.75, 3.05) is 39.3 Å². The lowest BCUT2D eigenvalue weighted by atomic mass is 9.96. The van der Waals surface area contributed by atoms with Gasteiger partial charge < -0.3 is 4.74 Å². The molecule has 0 bridgehead atoms. The molecule has 0 unspecified atom stereocenters. The summed E-state index contributed by atoms with van der Waals surface area (Å²) in [7, 11) is 0. The van der Waals surface area contributed by atoms with Crippen LogP contribution in [0.4, 0.5) is 8.78 Å². The first-order valence-electron chi connectivity index (χ1n) is 9.19. The fourth-order valence-corrected chi connectivity index (χ4v) is 3.47. The van der Waals surface area contributed by atoms with Gasteiger partial charge in [0.1, 0.15) is 11.6 Å². The molecular weight excluding hydrogens is 350 g/mol. The number of esters is 1. The molecule has 0 N–H and O–H groups in total. The molecule has 1 fully saturated rings. The zero-order valence-corrected chi connectivity index (χ0v) is 15.4. The molecule has 0 spiro atoms. The highest BCUT2D eigenvalue weighted by Gasteiger charge is 2.27. The Hall–Kier alpha value is -2.31. The predicted octanol–water partition coefficient (Wildman–Crippen LogP) is 3.23. The second kappa shape index (κ2) is 9.06. The van der Waals surface area contributed by atoms with E-state index < -0.39 is 0 Å². The van der Waals surface area contributed by atoms with Crippen molar-refractivity contribution in [3.8, 4) is 0 Å². The monoisotopic (exact) mass is 374 g/mol. The minimum Gasteiger partial charge on any atom is -0.465 e. The molecule has 0 aliphatic carbocycles. The third-order valence-electron chi connectivity index (χ3n) is 4.80. The van der Waals surface area contributed by atoms with Crippen LogP contribution in [0.5, 0.6) is 0 Å². The molecule has 1 heterocycles. The summed E-state index contributed by atoms with van der Waals surface area (Å²) in [4.78, 5) is 16.0. The Morgan fingerprint density at radius 2 is 1.41 bits per heavy atom. The van der Waals surface area contributed by atoms with Gasteiger partial charge >= 0.3 is 5.97 Å². The van der Waals surface area contributed by atoms with Gasteiger partial charge in [-0.2, -0.15) is 0 Å². The smallest absolute Gasteiger partial charge is 0.320 e. The molecular formula is C21H24F2N2O2. The summed E-state index contributed by atoms with van der Waals surface area (Å²) in [5, 5.41) is 0. The van der Waals surface area contributed by atoms with Crippen molar-refractivity contribution < 1.29 is 18.3 Å². The van der Waals surface area contributed by atoms with Crippen LogP contribution in [0.15, 0.2) is 48.5 Å². The Labute approximate surface area is 158 Å². The third-order valence-corrected chi connectivity index (χ3v) is 4.80. The van der Waals surface area contributed by atoms with E-state index in [1.807, 2.05) is 0 Å². The second-order valence-electron chi connectivity index (χ2n) is 6.62. The van der Waals surface area contributed by atoms with Crippen LogP contribution in [-0.4, -0.2) is 55.1 Å². The Morgan fingerprint density at radius 1 is 0.926 bits per heavy atom. The molecule has 0 aromatic heterocycles. The summed E-state index contributed by atoms with van der Waals surface area (Å²) in [5.74, 6) is -0.772. The van der Waals surface area contributed by atoms with Gasteiger partial charge in [0, 0.05) is 26.2 Å². The first-order valence-corrected chi connectivity index (χ1v) is 9.19. The summed E-state index contributed by atoms with van der Waals surface area (Å²) in [6, 6.07) is 12.8. The van der Waals surface area contributed by atoms with E-state index >= 15 is 0 Å². The standard InChI is InChI=1S/C21H24F2N2O2/c1-2-27-20(26)15-24-11-13-25(14-12-24)21(16-3-7-18(22)8-4-16)17-5-9-19(23)10-6-17/h3-10,21H,2,11-15H2,1H3. The molecule has 1 aliphatic heterocycles. The maximum Gasteiger partial charge on any atom is 0.320 e. The maximum absolute atomic E-state index is 13.4. The van der Waals surface area contributed by atoms with E-state index in [4.69, 9.17) is 4.74 Å². The van der Waals surface area contributed by atoms with Crippen molar-refractivity contribution in [3.63, 3.8) is 0 Å².